The maximum Gasteiger partial charge on any atom is 0.256 e. The highest BCUT2D eigenvalue weighted by Gasteiger charge is 2.30. The molecule has 3 heterocycles. The van der Waals surface area contributed by atoms with Crippen LogP contribution >= 0.6 is 0 Å². The van der Waals surface area contributed by atoms with E-state index in [0.717, 1.165) is 42.9 Å². The molecule has 1 N–H and O–H groups in total. The fourth-order valence-electron chi connectivity index (χ4n) is 3.95. The van der Waals surface area contributed by atoms with Gasteiger partial charge in [0.05, 0.1) is 11.9 Å². The Morgan fingerprint density at radius 1 is 1.36 bits per heavy atom. The molecule has 0 saturated carbocycles. The number of benzene rings is 1. The molecule has 1 atom stereocenters. The number of aromatic nitrogens is 4. The normalized spacial score (nSPS) is 17.2. The second-order valence-corrected chi connectivity index (χ2v) is 7.30. The molecule has 1 fully saturated rings. The Labute approximate surface area is 163 Å². The fourth-order valence-corrected chi connectivity index (χ4v) is 3.95. The Morgan fingerprint density at radius 3 is 2.93 bits per heavy atom. The average Bonchev–Trinajstić information content (AvgIpc) is 3.37. The van der Waals surface area contributed by atoms with Crippen LogP contribution < -0.4 is 5.32 Å². The monoisotopic (exact) mass is 380 g/mol. The van der Waals surface area contributed by atoms with E-state index >= 15 is 0 Å². The van der Waals surface area contributed by atoms with E-state index in [-0.39, 0.29) is 5.91 Å². The van der Waals surface area contributed by atoms with Crippen molar-refractivity contribution in [3.63, 3.8) is 0 Å². The van der Waals surface area contributed by atoms with Crippen molar-refractivity contribution in [2.75, 3.05) is 11.9 Å². The van der Waals surface area contributed by atoms with Crippen LogP contribution in [0.1, 0.15) is 51.8 Å². The van der Waals surface area contributed by atoms with Crippen LogP contribution in [0.2, 0.25) is 0 Å². The molecule has 0 spiro atoms. The zero-order valence-corrected chi connectivity index (χ0v) is 16.3. The predicted molar refractivity (Wildman–Crippen MR) is 104 cm³/mol. The minimum absolute atomic E-state index is 0.189. The van der Waals surface area contributed by atoms with Gasteiger partial charge in [0.15, 0.2) is 5.82 Å². The molecular weight excluding hydrogens is 356 g/mol. The van der Waals surface area contributed by atoms with Gasteiger partial charge in [-0.1, -0.05) is 22.5 Å². The molecule has 28 heavy (non-hydrogen) atoms. The Kier molecular flexibility index (Phi) is 4.95. The average molecular weight is 380 g/mol. The van der Waals surface area contributed by atoms with Gasteiger partial charge in [-0.3, -0.25) is 14.4 Å². The first-order valence-corrected chi connectivity index (χ1v) is 9.44. The lowest BCUT2D eigenvalue weighted by molar-refractivity contribution is 0.102. The molecule has 2 aromatic heterocycles. The molecular formula is C20H24N6O2. The van der Waals surface area contributed by atoms with Crippen molar-refractivity contribution in [2.24, 2.45) is 7.05 Å². The lowest BCUT2D eigenvalue weighted by Gasteiger charge is -2.24. The summed E-state index contributed by atoms with van der Waals surface area (Å²) in [6.07, 6.45) is 3.90. The quantitative estimate of drug-likeness (QED) is 0.732. The summed E-state index contributed by atoms with van der Waals surface area (Å²) >= 11 is 0. The number of amides is 1. The number of anilines is 1. The topological polar surface area (TPSA) is 89.1 Å². The van der Waals surface area contributed by atoms with Gasteiger partial charge in [0.2, 0.25) is 0 Å². The summed E-state index contributed by atoms with van der Waals surface area (Å²) in [7, 11) is 1.76. The van der Waals surface area contributed by atoms with Crippen LogP contribution in [0.4, 0.5) is 5.82 Å². The third kappa shape index (κ3) is 3.68. The number of aryl methyl sites for hydroxylation is 3. The number of nitrogens with zero attached hydrogens (tertiary/aromatic N) is 5. The standard InChI is InChI=1S/C20H24N6O2/c1-13-19(14(2)28-23-13)17-8-5-9-26(17)11-15-6-4-7-16(10-15)20(27)21-18-12-25(3)24-22-18/h4,6-7,10,12,17H,5,8-9,11H2,1-3H3,(H,21,27)/t17-/m1/s1. The van der Waals surface area contributed by atoms with Gasteiger partial charge in [0.1, 0.15) is 5.76 Å². The molecule has 1 aromatic carbocycles. The summed E-state index contributed by atoms with van der Waals surface area (Å²) in [6.45, 7) is 5.77. The van der Waals surface area contributed by atoms with E-state index in [1.54, 1.807) is 17.9 Å². The van der Waals surface area contributed by atoms with Crippen LogP contribution in [0.25, 0.3) is 0 Å². The van der Waals surface area contributed by atoms with Crippen molar-refractivity contribution in [3.05, 3.63) is 58.6 Å². The number of carbonyl (C=O) groups is 1. The van der Waals surface area contributed by atoms with Gasteiger partial charge in [-0.25, -0.2) is 0 Å². The van der Waals surface area contributed by atoms with E-state index in [1.807, 2.05) is 32.0 Å². The fraction of sp³-hybridized carbons (Fsp3) is 0.400. The predicted octanol–water partition coefficient (Wildman–Crippen LogP) is 3.01. The lowest BCUT2D eigenvalue weighted by Crippen LogP contribution is -2.23. The highest BCUT2D eigenvalue weighted by atomic mass is 16.5. The molecule has 0 unspecified atom stereocenters. The van der Waals surface area contributed by atoms with Crippen molar-refractivity contribution >= 4 is 11.7 Å². The van der Waals surface area contributed by atoms with Crippen molar-refractivity contribution in [2.45, 2.75) is 39.3 Å². The maximum absolute atomic E-state index is 12.5. The lowest BCUT2D eigenvalue weighted by atomic mass is 10.0. The van der Waals surface area contributed by atoms with Crippen LogP contribution in [-0.2, 0) is 13.6 Å². The molecule has 4 rings (SSSR count). The SMILES string of the molecule is Cc1noc(C)c1[C@H]1CCCN1Cc1cccc(C(=O)Nc2cn(C)nn2)c1. The van der Waals surface area contributed by atoms with Gasteiger partial charge in [-0.05, 0) is 50.9 Å². The van der Waals surface area contributed by atoms with Crippen LogP contribution in [-0.4, -0.2) is 37.5 Å². The van der Waals surface area contributed by atoms with E-state index < -0.39 is 0 Å². The summed E-state index contributed by atoms with van der Waals surface area (Å²) in [5.74, 6) is 1.15. The van der Waals surface area contributed by atoms with Gasteiger partial charge in [-0.2, -0.15) is 0 Å². The van der Waals surface area contributed by atoms with Crippen LogP contribution in [0.3, 0.4) is 0 Å². The smallest absolute Gasteiger partial charge is 0.256 e. The minimum atomic E-state index is -0.189. The Bertz CT molecular complexity index is 973. The van der Waals surface area contributed by atoms with E-state index in [2.05, 4.69) is 31.8 Å². The molecule has 1 amide bonds. The maximum atomic E-state index is 12.5. The zero-order chi connectivity index (χ0) is 19.7. The van der Waals surface area contributed by atoms with E-state index in [0.29, 0.717) is 17.4 Å². The summed E-state index contributed by atoms with van der Waals surface area (Å²) in [5, 5.41) is 14.6. The van der Waals surface area contributed by atoms with Crippen molar-refractivity contribution in [3.8, 4) is 0 Å². The Hall–Kier alpha value is -3.00. The summed E-state index contributed by atoms with van der Waals surface area (Å²) in [5.41, 5.74) is 3.88. The molecule has 8 nitrogen and oxygen atoms in total. The zero-order valence-electron chi connectivity index (χ0n) is 16.3. The van der Waals surface area contributed by atoms with Crippen molar-refractivity contribution in [1.29, 1.82) is 0 Å². The van der Waals surface area contributed by atoms with E-state index in [1.165, 1.54) is 5.56 Å². The van der Waals surface area contributed by atoms with Crippen LogP contribution in [0, 0.1) is 13.8 Å². The van der Waals surface area contributed by atoms with Crippen molar-refractivity contribution < 1.29 is 9.32 Å². The highest BCUT2D eigenvalue weighted by Crippen LogP contribution is 2.36. The largest absolute Gasteiger partial charge is 0.361 e. The number of nitrogens with one attached hydrogen (secondary N) is 1. The molecule has 3 aromatic rings. The van der Waals surface area contributed by atoms with E-state index in [9.17, 15) is 4.79 Å². The summed E-state index contributed by atoms with van der Waals surface area (Å²) in [6, 6.07) is 8.03. The van der Waals surface area contributed by atoms with Gasteiger partial charge >= 0.3 is 0 Å². The summed E-state index contributed by atoms with van der Waals surface area (Å²) < 4.78 is 6.92. The molecule has 1 aliphatic heterocycles. The van der Waals surface area contributed by atoms with E-state index in [4.69, 9.17) is 4.52 Å². The number of hydrogen-bond donors (Lipinski definition) is 1. The first-order chi connectivity index (χ1) is 13.5. The summed E-state index contributed by atoms with van der Waals surface area (Å²) in [4.78, 5) is 15.0. The van der Waals surface area contributed by atoms with Gasteiger partial charge in [0.25, 0.3) is 5.91 Å². The molecule has 0 aliphatic carbocycles. The first kappa shape index (κ1) is 18.4. The van der Waals surface area contributed by atoms with Crippen LogP contribution in [0.5, 0.6) is 0 Å². The molecule has 1 saturated heterocycles. The molecule has 0 radical (unpaired) electrons. The minimum Gasteiger partial charge on any atom is -0.361 e. The van der Waals surface area contributed by atoms with Crippen LogP contribution in [0.15, 0.2) is 35.0 Å². The molecule has 0 bridgehead atoms. The van der Waals surface area contributed by atoms with Crippen molar-refractivity contribution in [1.82, 2.24) is 25.1 Å². The second-order valence-electron chi connectivity index (χ2n) is 7.30. The number of rotatable bonds is 5. The number of likely N-dealkylation sites (tertiary alicyclic amines) is 1. The third-order valence-electron chi connectivity index (χ3n) is 5.20. The third-order valence-corrected chi connectivity index (χ3v) is 5.20. The van der Waals surface area contributed by atoms with Gasteiger partial charge in [0, 0.05) is 30.8 Å². The highest BCUT2D eigenvalue weighted by molar-refractivity contribution is 6.03. The molecule has 1 aliphatic rings. The Morgan fingerprint density at radius 2 is 2.21 bits per heavy atom. The number of carbonyl (C=O) groups excluding carboxylic acids is 1. The van der Waals surface area contributed by atoms with Gasteiger partial charge < -0.3 is 9.84 Å². The molecule has 8 heteroatoms. The number of hydrogen-bond acceptors (Lipinski definition) is 6. The second kappa shape index (κ2) is 7.55. The molecule has 146 valence electrons. The first-order valence-electron chi connectivity index (χ1n) is 9.44. The Balaban J connectivity index is 1.49. The van der Waals surface area contributed by atoms with Gasteiger partial charge in [-0.15, -0.1) is 5.10 Å².